The second kappa shape index (κ2) is 5.58. The van der Waals surface area contributed by atoms with Gasteiger partial charge in [-0.3, -0.25) is 4.90 Å². The van der Waals surface area contributed by atoms with Crippen LogP contribution >= 0.6 is 0 Å². The maximum Gasteiger partial charge on any atom is 0.0236 e. The van der Waals surface area contributed by atoms with Crippen molar-refractivity contribution in [3.05, 3.63) is 83.4 Å². The topological polar surface area (TPSA) is 3.24 Å². The molecule has 3 aromatic rings. The predicted octanol–water partition coefficient (Wildman–Crippen LogP) is 4.81. The molecule has 0 radical (unpaired) electrons. The Hall–Kier alpha value is -2.12. The minimum Gasteiger partial charge on any atom is -0.298 e. The molecule has 3 aromatic carbocycles. The molecule has 4 rings (SSSR count). The van der Waals surface area contributed by atoms with Gasteiger partial charge in [-0.05, 0) is 34.0 Å². The lowest BCUT2D eigenvalue weighted by Crippen LogP contribution is -2.33. The van der Waals surface area contributed by atoms with Gasteiger partial charge in [0.2, 0.25) is 0 Å². The van der Waals surface area contributed by atoms with Gasteiger partial charge in [0.1, 0.15) is 0 Å². The summed E-state index contributed by atoms with van der Waals surface area (Å²) in [5.74, 6) is 0.481. The smallest absolute Gasteiger partial charge is 0.0236 e. The highest BCUT2D eigenvalue weighted by atomic mass is 15.1. The minimum absolute atomic E-state index is 0.481. The highest BCUT2D eigenvalue weighted by molar-refractivity contribution is 5.83. The fourth-order valence-electron chi connectivity index (χ4n) is 3.63. The molecule has 0 saturated heterocycles. The zero-order chi connectivity index (χ0) is 14.9. The molecule has 1 aliphatic heterocycles. The van der Waals surface area contributed by atoms with Crippen LogP contribution in [0.25, 0.3) is 10.8 Å². The number of fused-ring (bicyclic) bond motifs is 2. The molecule has 1 aliphatic rings. The van der Waals surface area contributed by atoms with E-state index in [2.05, 4.69) is 78.6 Å². The fraction of sp³-hybridized carbons (Fsp3) is 0.238. The number of benzene rings is 3. The van der Waals surface area contributed by atoms with E-state index in [9.17, 15) is 0 Å². The molecule has 1 atom stereocenters. The second-order valence-electron chi connectivity index (χ2n) is 6.19. The van der Waals surface area contributed by atoms with Crippen LogP contribution < -0.4 is 0 Å². The third-order valence-corrected chi connectivity index (χ3v) is 4.89. The van der Waals surface area contributed by atoms with Crippen molar-refractivity contribution in [2.75, 3.05) is 13.1 Å². The van der Waals surface area contributed by atoms with Crippen LogP contribution in [0.1, 0.15) is 29.5 Å². The van der Waals surface area contributed by atoms with Crippen LogP contribution in [-0.2, 0) is 6.54 Å². The van der Waals surface area contributed by atoms with Crippen molar-refractivity contribution in [3.8, 4) is 0 Å². The summed E-state index contributed by atoms with van der Waals surface area (Å²) >= 11 is 0. The first-order valence-electron chi connectivity index (χ1n) is 8.14. The van der Waals surface area contributed by atoms with Crippen molar-refractivity contribution >= 4 is 10.8 Å². The van der Waals surface area contributed by atoms with Crippen LogP contribution in [0, 0.1) is 0 Å². The number of nitrogens with zero attached hydrogens (tertiary/aromatic N) is 1. The molecular formula is C21H21N. The highest BCUT2D eigenvalue weighted by Gasteiger charge is 2.25. The molecule has 22 heavy (non-hydrogen) atoms. The Labute approximate surface area is 132 Å². The molecule has 0 fully saturated rings. The van der Waals surface area contributed by atoms with E-state index < -0.39 is 0 Å². The third kappa shape index (κ3) is 2.32. The summed E-state index contributed by atoms with van der Waals surface area (Å²) in [6, 6.07) is 24.5. The molecule has 0 aliphatic carbocycles. The van der Waals surface area contributed by atoms with Crippen molar-refractivity contribution in [1.29, 1.82) is 0 Å². The molecule has 1 heteroatoms. The van der Waals surface area contributed by atoms with Crippen molar-refractivity contribution in [1.82, 2.24) is 4.90 Å². The Kier molecular flexibility index (Phi) is 3.44. The third-order valence-electron chi connectivity index (χ3n) is 4.89. The summed E-state index contributed by atoms with van der Waals surface area (Å²) in [6.07, 6.45) is 0. The van der Waals surface area contributed by atoms with Crippen LogP contribution in [0.2, 0.25) is 0 Å². The van der Waals surface area contributed by atoms with Crippen molar-refractivity contribution in [2.45, 2.75) is 19.4 Å². The largest absolute Gasteiger partial charge is 0.298 e. The van der Waals surface area contributed by atoms with E-state index in [0.29, 0.717) is 5.92 Å². The van der Waals surface area contributed by atoms with Gasteiger partial charge in [-0.25, -0.2) is 0 Å². The van der Waals surface area contributed by atoms with Crippen molar-refractivity contribution in [3.63, 3.8) is 0 Å². The number of likely N-dealkylation sites (N-methyl/N-ethyl adjacent to an activating group) is 1. The maximum atomic E-state index is 2.54. The van der Waals surface area contributed by atoms with Crippen LogP contribution in [0.5, 0.6) is 0 Å². The molecule has 1 unspecified atom stereocenters. The summed E-state index contributed by atoms with van der Waals surface area (Å²) in [4.78, 5) is 2.54. The summed E-state index contributed by atoms with van der Waals surface area (Å²) in [5.41, 5.74) is 4.42. The van der Waals surface area contributed by atoms with Gasteiger partial charge in [0.05, 0.1) is 0 Å². The molecule has 0 aromatic heterocycles. The molecule has 0 N–H and O–H groups in total. The van der Waals surface area contributed by atoms with Gasteiger partial charge in [-0.2, -0.15) is 0 Å². The highest BCUT2D eigenvalue weighted by Crippen LogP contribution is 2.34. The van der Waals surface area contributed by atoms with Crippen LogP contribution in [0.3, 0.4) is 0 Å². The summed E-state index contributed by atoms with van der Waals surface area (Å²) in [5, 5.41) is 2.66. The van der Waals surface area contributed by atoms with E-state index in [1.807, 2.05) is 0 Å². The van der Waals surface area contributed by atoms with E-state index in [1.165, 1.54) is 27.5 Å². The van der Waals surface area contributed by atoms with Gasteiger partial charge in [0.25, 0.3) is 0 Å². The average Bonchev–Trinajstić information content (AvgIpc) is 2.60. The van der Waals surface area contributed by atoms with Gasteiger partial charge in [0.15, 0.2) is 0 Å². The maximum absolute atomic E-state index is 2.54. The molecule has 0 saturated carbocycles. The molecular weight excluding hydrogens is 266 g/mol. The first-order valence-corrected chi connectivity index (χ1v) is 8.14. The van der Waals surface area contributed by atoms with Crippen LogP contribution in [0.15, 0.2) is 66.7 Å². The first kappa shape index (κ1) is 13.5. The first-order chi connectivity index (χ1) is 10.8. The molecule has 110 valence electrons. The predicted molar refractivity (Wildman–Crippen MR) is 93.2 cm³/mol. The number of hydrogen-bond donors (Lipinski definition) is 0. The molecule has 0 bridgehead atoms. The molecule has 0 spiro atoms. The fourth-order valence-corrected chi connectivity index (χ4v) is 3.63. The lowest BCUT2D eigenvalue weighted by Gasteiger charge is -2.34. The number of rotatable bonds is 2. The van der Waals surface area contributed by atoms with Gasteiger partial charge < -0.3 is 0 Å². The minimum atomic E-state index is 0.481. The van der Waals surface area contributed by atoms with E-state index in [1.54, 1.807) is 0 Å². The van der Waals surface area contributed by atoms with E-state index in [0.717, 1.165) is 19.6 Å². The Bertz CT molecular complexity index is 806. The summed E-state index contributed by atoms with van der Waals surface area (Å²) in [6.45, 7) is 5.56. The molecule has 1 heterocycles. The zero-order valence-corrected chi connectivity index (χ0v) is 13.0. The quantitative estimate of drug-likeness (QED) is 0.654. The van der Waals surface area contributed by atoms with E-state index in [-0.39, 0.29) is 0 Å². The lowest BCUT2D eigenvalue weighted by molar-refractivity contribution is 0.253. The Morgan fingerprint density at radius 2 is 1.68 bits per heavy atom. The van der Waals surface area contributed by atoms with E-state index in [4.69, 9.17) is 0 Å². The SMILES string of the molecule is CCN1Cc2ccccc2C(c2ccc3ccccc3c2)C1. The zero-order valence-electron chi connectivity index (χ0n) is 13.0. The average molecular weight is 287 g/mol. The van der Waals surface area contributed by atoms with E-state index >= 15 is 0 Å². The normalized spacial score (nSPS) is 18.3. The summed E-state index contributed by atoms with van der Waals surface area (Å²) in [7, 11) is 0. The van der Waals surface area contributed by atoms with Crippen molar-refractivity contribution in [2.24, 2.45) is 0 Å². The standard InChI is InChI=1S/C21H21N/c1-2-22-14-19-9-5-6-10-20(19)21(15-22)18-12-11-16-7-3-4-8-17(16)13-18/h3-13,21H,2,14-15H2,1H3. The van der Waals surface area contributed by atoms with Crippen LogP contribution in [0.4, 0.5) is 0 Å². The van der Waals surface area contributed by atoms with Gasteiger partial charge in [-0.15, -0.1) is 0 Å². The molecule has 0 amide bonds. The lowest BCUT2D eigenvalue weighted by atomic mass is 9.84. The van der Waals surface area contributed by atoms with Crippen LogP contribution in [-0.4, -0.2) is 18.0 Å². The Morgan fingerprint density at radius 1 is 0.909 bits per heavy atom. The summed E-state index contributed by atoms with van der Waals surface area (Å²) < 4.78 is 0. The Morgan fingerprint density at radius 3 is 2.55 bits per heavy atom. The second-order valence-corrected chi connectivity index (χ2v) is 6.19. The molecule has 1 nitrogen and oxygen atoms in total. The number of hydrogen-bond acceptors (Lipinski definition) is 1. The van der Waals surface area contributed by atoms with Gasteiger partial charge in [-0.1, -0.05) is 73.7 Å². The van der Waals surface area contributed by atoms with Crippen molar-refractivity contribution < 1.29 is 0 Å². The van der Waals surface area contributed by atoms with Gasteiger partial charge in [0, 0.05) is 19.0 Å². The monoisotopic (exact) mass is 287 g/mol. The Balaban J connectivity index is 1.82. The van der Waals surface area contributed by atoms with Gasteiger partial charge >= 0.3 is 0 Å².